The number of fused-ring (bicyclic) bond motifs is 3. The number of aromatic nitrogens is 4. The van der Waals surface area contributed by atoms with Crippen LogP contribution in [0.2, 0.25) is 0 Å². The first kappa shape index (κ1) is 22.6. The third-order valence-corrected chi connectivity index (χ3v) is 6.36. The average Bonchev–Trinajstić information content (AvgIpc) is 3.24. The smallest absolute Gasteiger partial charge is 0.337 e. The maximum absolute atomic E-state index is 11.9. The van der Waals surface area contributed by atoms with Gasteiger partial charge in [-0.25, -0.2) is 14.8 Å². The molecule has 8 heteroatoms. The Kier molecular flexibility index (Phi) is 5.94. The first-order chi connectivity index (χ1) is 17.0. The summed E-state index contributed by atoms with van der Waals surface area (Å²) < 4.78 is 12.2. The van der Waals surface area contributed by atoms with E-state index in [1.807, 2.05) is 17.9 Å². The van der Waals surface area contributed by atoms with Gasteiger partial charge in [0.1, 0.15) is 5.75 Å². The van der Waals surface area contributed by atoms with E-state index in [1.165, 1.54) is 12.7 Å². The van der Waals surface area contributed by atoms with Crippen LogP contribution in [0.25, 0.3) is 22.5 Å². The topological polar surface area (TPSA) is 91.2 Å². The molecule has 0 radical (unpaired) electrons. The molecule has 0 atom stereocenters. The molecule has 0 saturated carbocycles. The second-order valence-corrected chi connectivity index (χ2v) is 8.44. The minimum Gasteiger partial charge on any atom is -0.495 e. The Morgan fingerprint density at radius 3 is 2.63 bits per heavy atom. The molecule has 5 rings (SSSR count). The monoisotopic (exact) mass is 469 g/mol. The SMILES string of the molecule is CCc1ccc(-c2c3c(nn2C)CCc2cnc(Nc4ccc(C(=O)OC)cc4OC)nc2-3)cc1. The highest BCUT2D eigenvalue weighted by Gasteiger charge is 2.27. The highest BCUT2D eigenvalue weighted by Crippen LogP contribution is 2.40. The predicted octanol–water partition coefficient (Wildman–Crippen LogP) is 4.74. The Labute approximate surface area is 204 Å². The Balaban J connectivity index is 1.54. The fourth-order valence-electron chi connectivity index (χ4n) is 4.51. The van der Waals surface area contributed by atoms with Gasteiger partial charge in [0.15, 0.2) is 0 Å². The van der Waals surface area contributed by atoms with Crippen LogP contribution in [0.3, 0.4) is 0 Å². The molecule has 2 aromatic heterocycles. The highest BCUT2D eigenvalue weighted by atomic mass is 16.5. The molecule has 0 amide bonds. The van der Waals surface area contributed by atoms with Gasteiger partial charge in [0.25, 0.3) is 0 Å². The van der Waals surface area contributed by atoms with Crippen LogP contribution in [-0.4, -0.2) is 39.9 Å². The number of nitrogens with zero attached hydrogens (tertiary/aromatic N) is 4. The van der Waals surface area contributed by atoms with Gasteiger partial charge in [-0.2, -0.15) is 5.10 Å². The minimum atomic E-state index is -0.427. The zero-order chi connectivity index (χ0) is 24.5. The number of nitrogens with one attached hydrogen (secondary N) is 1. The summed E-state index contributed by atoms with van der Waals surface area (Å²) in [7, 11) is 4.88. The summed E-state index contributed by atoms with van der Waals surface area (Å²) in [5, 5.41) is 8.06. The molecule has 0 aliphatic heterocycles. The van der Waals surface area contributed by atoms with Crippen LogP contribution in [0.1, 0.15) is 34.1 Å². The summed E-state index contributed by atoms with van der Waals surface area (Å²) >= 11 is 0. The number of ether oxygens (including phenoxy) is 2. The van der Waals surface area contributed by atoms with Gasteiger partial charge in [-0.15, -0.1) is 0 Å². The summed E-state index contributed by atoms with van der Waals surface area (Å²) in [6.45, 7) is 2.15. The predicted molar refractivity (Wildman–Crippen MR) is 134 cm³/mol. The molecule has 0 saturated heterocycles. The number of anilines is 2. The molecule has 0 fully saturated rings. The van der Waals surface area contributed by atoms with E-state index in [0.717, 1.165) is 53.0 Å². The molecule has 2 heterocycles. The van der Waals surface area contributed by atoms with Crippen molar-refractivity contribution in [2.45, 2.75) is 26.2 Å². The van der Waals surface area contributed by atoms with Gasteiger partial charge in [0.2, 0.25) is 5.95 Å². The van der Waals surface area contributed by atoms with Gasteiger partial charge < -0.3 is 14.8 Å². The Morgan fingerprint density at radius 2 is 1.91 bits per heavy atom. The van der Waals surface area contributed by atoms with Gasteiger partial charge >= 0.3 is 5.97 Å². The summed E-state index contributed by atoms with van der Waals surface area (Å²) in [6, 6.07) is 13.7. The lowest BCUT2D eigenvalue weighted by Gasteiger charge is -2.18. The van der Waals surface area contributed by atoms with E-state index in [9.17, 15) is 4.79 Å². The number of carbonyl (C=O) groups is 1. The van der Waals surface area contributed by atoms with Crippen LogP contribution in [0.15, 0.2) is 48.7 Å². The van der Waals surface area contributed by atoms with Crippen molar-refractivity contribution in [2.24, 2.45) is 7.05 Å². The number of hydrogen-bond donors (Lipinski definition) is 1. The standard InChI is InChI=1S/C27H27N5O3/c1-5-16-6-8-17(9-7-16)25-23-21(31-32(25)2)13-11-19-15-28-27(30-24(19)23)29-20-12-10-18(26(33)35-4)14-22(20)34-3/h6-10,12,14-15H,5,11,13H2,1-4H3,(H,28,29,30). The summed E-state index contributed by atoms with van der Waals surface area (Å²) in [5.74, 6) is 0.508. The quantitative estimate of drug-likeness (QED) is 0.408. The molecule has 4 aromatic rings. The zero-order valence-electron chi connectivity index (χ0n) is 20.3. The molecule has 1 aliphatic rings. The van der Waals surface area contributed by atoms with Gasteiger partial charge in [0, 0.05) is 24.4 Å². The lowest BCUT2D eigenvalue weighted by molar-refractivity contribution is 0.0600. The van der Waals surface area contributed by atoms with E-state index in [-0.39, 0.29) is 0 Å². The van der Waals surface area contributed by atoms with Gasteiger partial charge in [-0.1, -0.05) is 31.2 Å². The Bertz CT molecular complexity index is 1410. The first-order valence-corrected chi connectivity index (χ1v) is 11.6. The van der Waals surface area contributed by atoms with Crippen molar-refractivity contribution in [1.82, 2.24) is 19.7 Å². The number of esters is 1. The lowest BCUT2D eigenvalue weighted by atomic mass is 9.91. The van der Waals surface area contributed by atoms with Crippen LogP contribution >= 0.6 is 0 Å². The van der Waals surface area contributed by atoms with Crippen LogP contribution in [0.5, 0.6) is 5.75 Å². The van der Waals surface area contributed by atoms with E-state index in [1.54, 1.807) is 25.3 Å². The number of hydrogen-bond acceptors (Lipinski definition) is 7. The molecule has 0 bridgehead atoms. The normalized spacial score (nSPS) is 12.0. The number of aryl methyl sites for hydroxylation is 4. The van der Waals surface area contributed by atoms with Gasteiger partial charge in [-0.05, 0) is 48.6 Å². The molecule has 2 aromatic carbocycles. The fourth-order valence-corrected chi connectivity index (χ4v) is 4.51. The summed E-state index contributed by atoms with van der Waals surface area (Å²) in [5.41, 5.74) is 8.58. The molecule has 178 valence electrons. The Morgan fingerprint density at radius 1 is 1.11 bits per heavy atom. The van der Waals surface area contributed by atoms with Crippen molar-refractivity contribution in [3.8, 4) is 28.3 Å². The highest BCUT2D eigenvalue weighted by molar-refractivity contribution is 5.91. The molecule has 1 N–H and O–H groups in total. The fraction of sp³-hybridized carbons (Fsp3) is 0.259. The van der Waals surface area contributed by atoms with Crippen molar-refractivity contribution in [2.75, 3.05) is 19.5 Å². The third-order valence-electron chi connectivity index (χ3n) is 6.36. The van der Waals surface area contributed by atoms with Crippen LogP contribution in [-0.2, 0) is 31.0 Å². The number of rotatable bonds is 6. The molecular weight excluding hydrogens is 442 g/mol. The van der Waals surface area contributed by atoms with Crippen molar-refractivity contribution in [3.63, 3.8) is 0 Å². The molecular formula is C27H27N5O3. The summed E-state index contributed by atoms with van der Waals surface area (Å²) in [6.07, 6.45) is 4.56. The van der Waals surface area contributed by atoms with Crippen molar-refractivity contribution in [1.29, 1.82) is 0 Å². The maximum Gasteiger partial charge on any atom is 0.337 e. The van der Waals surface area contributed by atoms with Crippen LogP contribution < -0.4 is 10.1 Å². The molecule has 0 unspecified atom stereocenters. The second kappa shape index (κ2) is 9.21. The first-order valence-electron chi connectivity index (χ1n) is 11.6. The third kappa shape index (κ3) is 4.12. The maximum atomic E-state index is 11.9. The van der Waals surface area contributed by atoms with E-state index in [2.05, 4.69) is 41.5 Å². The Hall–Kier alpha value is -4.20. The van der Waals surface area contributed by atoms with Crippen molar-refractivity contribution in [3.05, 3.63) is 71.0 Å². The zero-order valence-corrected chi connectivity index (χ0v) is 20.3. The van der Waals surface area contributed by atoms with E-state index in [4.69, 9.17) is 19.6 Å². The summed E-state index contributed by atoms with van der Waals surface area (Å²) in [4.78, 5) is 21.3. The van der Waals surface area contributed by atoms with Gasteiger partial charge in [0.05, 0.1) is 42.6 Å². The number of carbonyl (C=O) groups excluding carboxylic acids is 1. The van der Waals surface area contributed by atoms with Crippen LogP contribution in [0, 0.1) is 0 Å². The largest absolute Gasteiger partial charge is 0.495 e. The van der Waals surface area contributed by atoms with E-state index < -0.39 is 5.97 Å². The average molecular weight is 470 g/mol. The lowest BCUT2D eigenvalue weighted by Crippen LogP contribution is -2.09. The molecule has 8 nitrogen and oxygen atoms in total. The molecule has 35 heavy (non-hydrogen) atoms. The van der Waals surface area contributed by atoms with Crippen molar-refractivity contribution < 1.29 is 14.3 Å². The van der Waals surface area contributed by atoms with Gasteiger partial charge in [-0.3, -0.25) is 4.68 Å². The minimum absolute atomic E-state index is 0.403. The second-order valence-electron chi connectivity index (χ2n) is 8.44. The van der Waals surface area contributed by atoms with E-state index >= 15 is 0 Å². The molecule has 1 aliphatic carbocycles. The number of methoxy groups -OCH3 is 2. The van der Waals surface area contributed by atoms with Crippen molar-refractivity contribution >= 4 is 17.6 Å². The molecule has 0 spiro atoms. The number of benzene rings is 2. The van der Waals surface area contributed by atoms with Crippen LogP contribution in [0.4, 0.5) is 11.6 Å². The van der Waals surface area contributed by atoms with E-state index in [0.29, 0.717) is 22.9 Å².